The Bertz CT molecular complexity index is 634. The fraction of sp³-hybridized carbons (Fsp3) is 0.976. The molecular formula is C42H88N2O4Si. The van der Waals surface area contributed by atoms with E-state index >= 15 is 0 Å². The summed E-state index contributed by atoms with van der Waals surface area (Å²) in [5, 5.41) is 3.34. The Kier molecular flexibility index (Phi) is 36.7. The molecule has 0 saturated heterocycles. The van der Waals surface area contributed by atoms with Crippen LogP contribution < -0.4 is 5.32 Å². The maximum Gasteiger partial charge on any atom is 0.524 e. The van der Waals surface area contributed by atoms with Crippen LogP contribution in [-0.2, 0) is 13.3 Å². The summed E-state index contributed by atoms with van der Waals surface area (Å²) >= 11 is 0. The maximum atomic E-state index is 13.8. The van der Waals surface area contributed by atoms with Crippen molar-refractivity contribution in [2.24, 2.45) is 0 Å². The lowest BCUT2D eigenvalue weighted by atomic mass is 10.0. The molecule has 0 aromatic heterocycles. The number of nitrogens with zero attached hydrogens (tertiary/aromatic N) is 1. The average Bonchev–Trinajstić information content (AvgIpc) is 3.10. The molecule has 0 spiro atoms. The summed E-state index contributed by atoms with van der Waals surface area (Å²) < 4.78 is 18.5. The minimum atomic E-state index is -3.04. The zero-order valence-corrected chi connectivity index (χ0v) is 35.2. The van der Waals surface area contributed by atoms with E-state index in [9.17, 15) is 4.79 Å². The Morgan fingerprint density at radius 1 is 0.449 bits per heavy atom. The van der Waals surface area contributed by atoms with Crippen LogP contribution in [0.25, 0.3) is 0 Å². The van der Waals surface area contributed by atoms with Gasteiger partial charge in [-0.2, -0.15) is 0 Å². The molecule has 1 atom stereocenters. The molecule has 0 aromatic rings. The van der Waals surface area contributed by atoms with Gasteiger partial charge in [-0.1, -0.05) is 188 Å². The highest BCUT2D eigenvalue weighted by Gasteiger charge is 2.49. The molecule has 1 N–H and O–H groups in total. The van der Waals surface area contributed by atoms with Crippen molar-refractivity contribution in [3.8, 4) is 0 Å². The molecule has 0 rings (SSSR count). The first kappa shape index (κ1) is 48.4. The number of hydrogen-bond acceptors (Lipinski definition) is 4. The minimum absolute atomic E-state index is 0.0206. The lowest BCUT2D eigenvalue weighted by Crippen LogP contribution is -2.64. The molecule has 2 amide bonds. The van der Waals surface area contributed by atoms with Gasteiger partial charge in [0.25, 0.3) is 0 Å². The van der Waals surface area contributed by atoms with Crippen molar-refractivity contribution >= 4 is 14.8 Å². The van der Waals surface area contributed by atoms with Gasteiger partial charge in [0.1, 0.15) is 5.67 Å². The second-order valence-corrected chi connectivity index (χ2v) is 17.3. The molecule has 0 bridgehead atoms. The number of unbranched alkanes of at least 4 members (excludes halogenated alkanes) is 26. The summed E-state index contributed by atoms with van der Waals surface area (Å²) in [5.41, 5.74) is -0.241. The number of urea groups is 1. The molecule has 7 heteroatoms. The zero-order chi connectivity index (χ0) is 36.1. The Hall–Kier alpha value is -0.633. The van der Waals surface area contributed by atoms with E-state index in [2.05, 4.69) is 31.0 Å². The molecule has 0 fully saturated rings. The molecule has 0 aliphatic rings. The van der Waals surface area contributed by atoms with E-state index in [1.54, 1.807) is 0 Å². The number of rotatable bonds is 39. The first-order valence-corrected chi connectivity index (χ1v) is 23.8. The van der Waals surface area contributed by atoms with Gasteiger partial charge in [-0.05, 0) is 40.0 Å². The Balaban J connectivity index is 4.65. The van der Waals surface area contributed by atoms with Crippen LogP contribution in [-0.4, -0.2) is 58.3 Å². The van der Waals surface area contributed by atoms with Crippen LogP contribution in [0.5, 0.6) is 0 Å². The van der Waals surface area contributed by atoms with Crippen LogP contribution in [0.15, 0.2) is 0 Å². The largest absolute Gasteiger partial charge is 0.524 e. The normalized spacial score (nSPS) is 12.4. The zero-order valence-electron chi connectivity index (χ0n) is 34.2. The number of carbonyl (C=O) groups is 1. The molecule has 0 aromatic carbocycles. The molecule has 0 saturated carbocycles. The van der Waals surface area contributed by atoms with Crippen molar-refractivity contribution in [3.63, 3.8) is 0 Å². The smallest absolute Gasteiger partial charge is 0.373 e. The van der Waals surface area contributed by atoms with Crippen LogP contribution in [0.3, 0.4) is 0 Å². The molecule has 294 valence electrons. The lowest BCUT2D eigenvalue weighted by molar-refractivity contribution is 0.0574. The third-order valence-electron chi connectivity index (χ3n) is 10.0. The van der Waals surface area contributed by atoms with E-state index in [0.717, 1.165) is 32.4 Å². The highest BCUT2D eigenvalue weighted by atomic mass is 28.4. The molecule has 0 aliphatic carbocycles. The third kappa shape index (κ3) is 27.7. The van der Waals surface area contributed by atoms with E-state index in [1.165, 1.54) is 167 Å². The second-order valence-electron chi connectivity index (χ2n) is 14.5. The highest BCUT2D eigenvalue weighted by Crippen LogP contribution is 2.20. The maximum absolute atomic E-state index is 13.8. The number of amides is 2. The van der Waals surface area contributed by atoms with Crippen LogP contribution in [0, 0.1) is 0 Å². The average molecular weight is 713 g/mol. The molecule has 1 unspecified atom stereocenters. The van der Waals surface area contributed by atoms with E-state index in [-0.39, 0.29) is 11.7 Å². The van der Waals surface area contributed by atoms with Gasteiger partial charge in [0.15, 0.2) is 0 Å². The fourth-order valence-corrected chi connectivity index (χ4v) is 9.88. The summed E-state index contributed by atoms with van der Waals surface area (Å²) in [6, 6.07) is 0.0206. The molecular weight excluding hydrogens is 625 g/mol. The van der Waals surface area contributed by atoms with Gasteiger partial charge in [-0.25, -0.2) is 4.79 Å². The van der Waals surface area contributed by atoms with Crippen LogP contribution in [0.4, 0.5) is 4.79 Å². The summed E-state index contributed by atoms with van der Waals surface area (Å²) in [4.78, 5) is 15.8. The van der Waals surface area contributed by atoms with Gasteiger partial charge in [0.05, 0.1) is 0 Å². The van der Waals surface area contributed by atoms with Gasteiger partial charge in [0.2, 0.25) is 0 Å². The Labute approximate surface area is 308 Å². The summed E-state index contributed by atoms with van der Waals surface area (Å²) in [7, 11) is -3.04. The highest BCUT2D eigenvalue weighted by molar-refractivity contribution is 6.62. The van der Waals surface area contributed by atoms with Crippen molar-refractivity contribution in [2.75, 3.05) is 32.9 Å². The van der Waals surface area contributed by atoms with Crippen molar-refractivity contribution in [1.29, 1.82) is 0 Å². The monoisotopic (exact) mass is 713 g/mol. The van der Waals surface area contributed by atoms with Crippen LogP contribution in [0.2, 0.25) is 0 Å². The van der Waals surface area contributed by atoms with Gasteiger partial charge >= 0.3 is 14.8 Å². The second kappa shape index (κ2) is 37.1. The first-order valence-electron chi connectivity index (χ1n) is 22.0. The predicted octanol–water partition coefficient (Wildman–Crippen LogP) is 13.3. The molecule has 0 heterocycles. The molecule has 49 heavy (non-hydrogen) atoms. The number of carbonyl (C=O) groups excluding carboxylic acids is 1. The summed E-state index contributed by atoms with van der Waals surface area (Å²) in [6.45, 7) is 15.8. The summed E-state index contributed by atoms with van der Waals surface area (Å²) in [6.07, 6.45) is 38.4. The van der Waals surface area contributed by atoms with Gasteiger partial charge in [-0.3, -0.25) is 0 Å². The van der Waals surface area contributed by atoms with Crippen LogP contribution in [0.1, 0.15) is 228 Å². The van der Waals surface area contributed by atoms with Crippen LogP contribution >= 0.6 is 0 Å². The minimum Gasteiger partial charge on any atom is -0.373 e. The standard InChI is InChI=1S/C42H88N2O4Si/c1-7-13-15-17-19-21-23-25-27-29-31-33-35-37-39-44(40-38-36-34-32-30-28-26-24-22-20-18-16-14-8-2)42(45)43-41(9-3)49(46-10-4,47-11-5)48-12-6/h41H,7-40H2,1-6H3,(H,43,45). The van der Waals surface area contributed by atoms with E-state index in [0.29, 0.717) is 19.8 Å². The SMILES string of the molecule is CCCCCCCCCCCCCCCCN(CCCCCCCCCCCCCCCC)C(=O)NC(CC)[Si](OCC)(OCC)OCC. The van der Waals surface area contributed by atoms with E-state index < -0.39 is 8.80 Å². The van der Waals surface area contributed by atoms with Crippen molar-refractivity contribution in [1.82, 2.24) is 10.2 Å². The molecule has 0 aliphatic heterocycles. The van der Waals surface area contributed by atoms with Gasteiger partial charge in [-0.15, -0.1) is 0 Å². The fourth-order valence-electron chi connectivity index (χ4n) is 7.02. The Morgan fingerprint density at radius 3 is 0.959 bits per heavy atom. The van der Waals surface area contributed by atoms with Gasteiger partial charge < -0.3 is 23.5 Å². The molecule has 6 nitrogen and oxygen atoms in total. The predicted molar refractivity (Wildman–Crippen MR) is 215 cm³/mol. The van der Waals surface area contributed by atoms with E-state index in [4.69, 9.17) is 13.3 Å². The quantitative estimate of drug-likeness (QED) is 0.0509. The lowest BCUT2D eigenvalue weighted by Gasteiger charge is -2.36. The molecule has 0 radical (unpaired) electrons. The summed E-state index contributed by atoms with van der Waals surface area (Å²) in [5.74, 6) is 0. The van der Waals surface area contributed by atoms with Crippen molar-refractivity contribution < 1.29 is 18.1 Å². The third-order valence-corrected chi connectivity index (χ3v) is 13.5. The van der Waals surface area contributed by atoms with Crippen molar-refractivity contribution in [3.05, 3.63) is 0 Å². The van der Waals surface area contributed by atoms with Gasteiger partial charge in [0, 0.05) is 32.9 Å². The number of nitrogens with one attached hydrogen (secondary N) is 1. The van der Waals surface area contributed by atoms with Crippen molar-refractivity contribution in [2.45, 2.75) is 233 Å². The topological polar surface area (TPSA) is 60.0 Å². The van der Waals surface area contributed by atoms with E-state index in [1.807, 2.05) is 20.8 Å². The Morgan fingerprint density at radius 2 is 0.714 bits per heavy atom. The first-order chi connectivity index (χ1) is 24.0. The number of hydrogen-bond donors (Lipinski definition) is 1.